The van der Waals surface area contributed by atoms with Gasteiger partial charge in [-0.3, -0.25) is 14.5 Å². The molecule has 4 heteroatoms. The Balaban J connectivity index is 2.37. The fourth-order valence-electron chi connectivity index (χ4n) is 2.04. The second-order valence-corrected chi connectivity index (χ2v) is 4.68. The Labute approximate surface area is 97.4 Å². The van der Waals surface area contributed by atoms with Crippen LogP contribution in [0.4, 0.5) is 0 Å². The average molecular weight is 226 g/mol. The quantitative estimate of drug-likeness (QED) is 0.716. The first kappa shape index (κ1) is 13.2. The lowest BCUT2D eigenvalue weighted by atomic mass is 10.0. The molecule has 0 aromatic rings. The maximum atomic E-state index is 11.7. The van der Waals surface area contributed by atoms with Gasteiger partial charge in [-0.25, -0.2) is 0 Å². The second kappa shape index (κ2) is 5.99. The number of nitrogens with one attached hydrogen (secondary N) is 1. The highest BCUT2D eigenvalue weighted by Gasteiger charge is 2.31. The summed E-state index contributed by atoms with van der Waals surface area (Å²) in [6, 6.07) is -0.165. The van der Waals surface area contributed by atoms with Crippen molar-refractivity contribution in [2.24, 2.45) is 5.92 Å². The van der Waals surface area contributed by atoms with E-state index in [4.69, 9.17) is 0 Å². The van der Waals surface area contributed by atoms with Gasteiger partial charge in [0, 0.05) is 13.5 Å². The maximum Gasteiger partial charge on any atom is 0.246 e. The lowest BCUT2D eigenvalue weighted by molar-refractivity contribution is -0.148. The molecule has 1 fully saturated rings. The van der Waals surface area contributed by atoms with Crippen LogP contribution in [0.3, 0.4) is 0 Å². The zero-order valence-corrected chi connectivity index (χ0v) is 10.5. The minimum atomic E-state index is -0.165. The Kier molecular flexibility index (Phi) is 4.93. The average Bonchev–Trinajstić information content (AvgIpc) is 2.25. The SMILES string of the molecule is CCCC(C)CNC1CCC(=O)N(C)C1=O. The molecule has 0 aliphatic carbocycles. The Morgan fingerprint density at radius 3 is 2.81 bits per heavy atom. The topological polar surface area (TPSA) is 49.4 Å². The number of carbonyl (C=O) groups is 2. The first-order valence-corrected chi connectivity index (χ1v) is 6.10. The third kappa shape index (κ3) is 3.30. The van der Waals surface area contributed by atoms with Crippen molar-refractivity contribution in [2.45, 2.75) is 45.6 Å². The molecule has 0 aromatic carbocycles. The van der Waals surface area contributed by atoms with Gasteiger partial charge < -0.3 is 5.32 Å². The number of amides is 2. The summed E-state index contributed by atoms with van der Waals surface area (Å²) < 4.78 is 0. The minimum absolute atomic E-state index is 0.0651. The number of piperidine rings is 1. The Bertz CT molecular complexity index is 266. The number of likely N-dealkylation sites (tertiary alicyclic amines) is 1. The van der Waals surface area contributed by atoms with Crippen molar-refractivity contribution in [1.82, 2.24) is 10.2 Å². The van der Waals surface area contributed by atoms with Gasteiger partial charge in [-0.15, -0.1) is 0 Å². The van der Waals surface area contributed by atoms with Gasteiger partial charge in [-0.2, -0.15) is 0 Å². The molecule has 2 amide bonds. The van der Waals surface area contributed by atoms with Crippen molar-refractivity contribution in [1.29, 1.82) is 0 Å². The molecule has 1 aliphatic rings. The van der Waals surface area contributed by atoms with Gasteiger partial charge in [-0.05, 0) is 25.3 Å². The molecule has 1 saturated heterocycles. The minimum Gasteiger partial charge on any atom is -0.306 e. The van der Waals surface area contributed by atoms with Crippen molar-refractivity contribution in [3.05, 3.63) is 0 Å². The fraction of sp³-hybridized carbons (Fsp3) is 0.833. The second-order valence-electron chi connectivity index (χ2n) is 4.68. The Morgan fingerprint density at radius 2 is 2.19 bits per heavy atom. The number of likely N-dealkylation sites (N-methyl/N-ethyl adjacent to an activating group) is 1. The van der Waals surface area contributed by atoms with Crippen LogP contribution >= 0.6 is 0 Å². The van der Waals surface area contributed by atoms with Crippen LogP contribution in [-0.2, 0) is 9.59 Å². The first-order valence-electron chi connectivity index (χ1n) is 6.10. The smallest absolute Gasteiger partial charge is 0.246 e. The van der Waals surface area contributed by atoms with E-state index < -0.39 is 0 Å². The molecule has 4 nitrogen and oxygen atoms in total. The maximum absolute atomic E-state index is 11.7. The zero-order chi connectivity index (χ0) is 12.1. The molecule has 0 radical (unpaired) electrons. The van der Waals surface area contributed by atoms with Gasteiger partial charge in [0.15, 0.2) is 0 Å². The summed E-state index contributed by atoms with van der Waals surface area (Å²) in [7, 11) is 1.56. The lowest BCUT2D eigenvalue weighted by Gasteiger charge is -2.29. The van der Waals surface area contributed by atoms with Crippen LogP contribution in [0.1, 0.15) is 39.5 Å². The standard InChI is InChI=1S/C12H22N2O2/c1-4-5-9(2)8-13-10-6-7-11(15)14(3)12(10)16/h9-10,13H,4-8H2,1-3H3. The molecule has 0 aromatic heterocycles. The lowest BCUT2D eigenvalue weighted by Crippen LogP contribution is -2.52. The number of imide groups is 1. The van der Waals surface area contributed by atoms with Gasteiger partial charge in [0.1, 0.15) is 0 Å². The molecule has 0 bridgehead atoms. The Morgan fingerprint density at radius 1 is 1.50 bits per heavy atom. The molecule has 1 aliphatic heterocycles. The third-order valence-electron chi connectivity index (χ3n) is 3.14. The molecular weight excluding hydrogens is 204 g/mol. The molecular formula is C12H22N2O2. The molecule has 16 heavy (non-hydrogen) atoms. The molecule has 2 unspecified atom stereocenters. The number of carbonyl (C=O) groups excluding carboxylic acids is 2. The van der Waals surface area contributed by atoms with E-state index in [2.05, 4.69) is 19.2 Å². The number of rotatable bonds is 5. The number of nitrogens with zero attached hydrogens (tertiary/aromatic N) is 1. The van der Waals surface area contributed by atoms with E-state index in [1.165, 1.54) is 17.7 Å². The summed E-state index contributed by atoms with van der Waals surface area (Å²) in [4.78, 5) is 24.3. The van der Waals surface area contributed by atoms with E-state index in [9.17, 15) is 9.59 Å². The van der Waals surface area contributed by atoms with Gasteiger partial charge in [0.25, 0.3) is 0 Å². The van der Waals surface area contributed by atoms with Crippen LogP contribution < -0.4 is 5.32 Å². The van der Waals surface area contributed by atoms with Crippen molar-refractivity contribution in [3.8, 4) is 0 Å². The van der Waals surface area contributed by atoms with Crippen LogP contribution in [0.15, 0.2) is 0 Å². The molecule has 0 spiro atoms. The van der Waals surface area contributed by atoms with Crippen LogP contribution in [-0.4, -0.2) is 36.3 Å². The monoisotopic (exact) mass is 226 g/mol. The molecule has 1 heterocycles. The summed E-state index contributed by atoms with van der Waals surface area (Å²) >= 11 is 0. The predicted octanol–water partition coefficient (Wildman–Crippen LogP) is 1.16. The van der Waals surface area contributed by atoms with E-state index in [0.717, 1.165) is 6.54 Å². The van der Waals surface area contributed by atoms with E-state index in [0.29, 0.717) is 18.8 Å². The highest BCUT2D eigenvalue weighted by molar-refractivity contribution is 6.00. The third-order valence-corrected chi connectivity index (χ3v) is 3.14. The molecule has 92 valence electrons. The molecule has 1 N–H and O–H groups in total. The Hall–Kier alpha value is -0.900. The predicted molar refractivity (Wildman–Crippen MR) is 62.9 cm³/mol. The van der Waals surface area contributed by atoms with Crippen LogP contribution in [0, 0.1) is 5.92 Å². The summed E-state index contributed by atoms with van der Waals surface area (Å²) in [6.45, 7) is 5.19. The van der Waals surface area contributed by atoms with Crippen LogP contribution in [0.5, 0.6) is 0 Å². The van der Waals surface area contributed by atoms with Crippen molar-refractivity contribution < 1.29 is 9.59 Å². The molecule has 1 rings (SSSR count). The van der Waals surface area contributed by atoms with Gasteiger partial charge >= 0.3 is 0 Å². The first-order chi connectivity index (χ1) is 7.56. The van der Waals surface area contributed by atoms with E-state index in [1.807, 2.05) is 0 Å². The van der Waals surface area contributed by atoms with Crippen molar-refractivity contribution in [3.63, 3.8) is 0 Å². The van der Waals surface area contributed by atoms with Crippen LogP contribution in [0.25, 0.3) is 0 Å². The van der Waals surface area contributed by atoms with Gasteiger partial charge in [-0.1, -0.05) is 20.3 Å². The number of hydrogen-bond acceptors (Lipinski definition) is 3. The van der Waals surface area contributed by atoms with Crippen molar-refractivity contribution >= 4 is 11.8 Å². The largest absolute Gasteiger partial charge is 0.306 e. The van der Waals surface area contributed by atoms with E-state index >= 15 is 0 Å². The normalized spacial score (nSPS) is 23.7. The summed E-state index contributed by atoms with van der Waals surface area (Å²) in [5.74, 6) is 0.435. The summed E-state index contributed by atoms with van der Waals surface area (Å²) in [5, 5.41) is 3.26. The van der Waals surface area contributed by atoms with Gasteiger partial charge in [0.05, 0.1) is 6.04 Å². The summed E-state index contributed by atoms with van der Waals surface area (Å²) in [5.41, 5.74) is 0. The molecule has 2 atom stereocenters. The molecule has 0 saturated carbocycles. The highest BCUT2D eigenvalue weighted by Crippen LogP contribution is 2.12. The highest BCUT2D eigenvalue weighted by atomic mass is 16.2. The van der Waals surface area contributed by atoms with Gasteiger partial charge in [0.2, 0.25) is 11.8 Å². The van der Waals surface area contributed by atoms with E-state index in [1.54, 1.807) is 7.05 Å². The van der Waals surface area contributed by atoms with Crippen molar-refractivity contribution in [2.75, 3.05) is 13.6 Å². The fourth-order valence-corrected chi connectivity index (χ4v) is 2.04. The van der Waals surface area contributed by atoms with E-state index in [-0.39, 0.29) is 17.9 Å². The van der Waals surface area contributed by atoms with Crippen LogP contribution in [0.2, 0.25) is 0 Å². The number of hydrogen-bond donors (Lipinski definition) is 1. The zero-order valence-electron chi connectivity index (χ0n) is 10.5. The summed E-state index contributed by atoms with van der Waals surface area (Å²) in [6.07, 6.45) is 3.45.